The molecule has 0 aromatic heterocycles. The van der Waals surface area contributed by atoms with Gasteiger partial charge >= 0.3 is 14.1 Å². The molecule has 2 nitrogen and oxygen atoms in total. The topological polar surface area (TPSA) is 29.1 Å². The monoisotopic (exact) mass is 697 g/mol. The number of carbonyl (C=O) groups excluding carboxylic acids is 1. The van der Waals surface area contributed by atoms with E-state index in [2.05, 4.69) is 144 Å². The van der Waals surface area contributed by atoms with Gasteiger partial charge in [-0.05, 0) is 54.8 Å². The van der Waals surface area contributed by atoms with Crippen LogP contribution in [0, 0.1) is 26.2 Å². The van der Waals surface area contributed by atoms with Crippen molar-refractivity contribution in [1.29, 1.82) is 0 Å². The zero-order valence-corrected chi connectivity index (χ0v) is 37.8. The van der Waals surface area contributed by atoms with Gasteiger partial charge in [0, 0.05) is 45.9 Å². The van der Waals surface area contributed by atoms with Gasteiger partial charge in [-0.15, -0.1) is 0 Å². The molecule has 44 heavy (non-hydrogen) atoms. The molecule has 0 aliphatic heterocycles. The van der Waals surface area contributed by atoms with Crippen LogP contribution in [0.25, 0.3) is 0 Å². The lowest BCUT2D eigenvalue weighted by Gasteiger charge is -2.52. The van der Waals surface area contributed by atoms with Crippen molar-refractivity contribution in [3.63, 3.8) is 0 Å². The number of carbonyl (C=O) groups is 1. The Morgan fingerprint density at radius 3 is 1.45 bits per heavy atom. The molecular weight excluding hydrogens is 633 g/mol. The minimum absolute atomic E-state index is 0.0203. The number of para-hydroxylation sites is 1. The second kappa shape index (κ2) is 14.3. The third-order valence-electron chi connectivity index (χ3n) is 8.72. The molecule has 2 aromatic rings. The number of hydrogen-bond acceptors (Lipinski definition) is 1. The molecule has 0 aliphatic carbocycles. The van der Waals surface area contributed by atoms with E-state index in [1.165, 1.54) is 22.0 Å². The van der Waals surface area contributed by atoms with Gasteiger partial charge in [-0.25, -0.2) is 0 Å². The average molecular weight is 698 g/mol. The first-order valence-electron chi connectivity index (χ1n) is 16.6. The summed E-state index contributed by atoms with van der Waals surface area (Å²) in [6.07, 6.45) is 2.67. The molecule has 0 fully saturated rings. The van der Waals surface area contributed by atoms with E-state index in [1.54, 1.807) is 4.18 Å². The van der Waals surface area contributed by atoms with Crippen LogP contribution >= 0.6 is 7.92 Å². The van der Waals surface area contributed by atoms with Crippen LogP contribution in [0.1, 0.15) is 37.5 Å². The number of allylic oxidation sites excluding steroid dienone is 1. The smallest absolute Gasteiger partial charge is 0.302 e. The molecular formula is C36H65AlNOPSi4. The van der Waals surface area contributed by atoms with Crippen molar-refractivity contribution in [3.05, 3.63) is 69.4 Å². The summed E-state index contributed by atoms with van der Waals surface area (Å²) in [6, 6.07) is 14.8. The first-order chi connectivity index (χ1) is 19.7. The van der Waals surface area contributed by atoms with Gasteiger partial charge in [-0.2, -0.15) is 0 Å². The average Bonchev–Trinajstić information content (AvgIpc) is 2.76. The fourth-order valence-corrected chi connectivity index (χ4v) is 62.0. The Kier molecular flexibility index (Phi) is 12.9. The summed E-state index contributed by atoms with van der Waals surface area (Å²) in [5.41, 5.74) is 4.93. The largest absolute Gasteiger partial charge is 0.322 e. The van der Waals surface area contributed by atoms with Crippen molar-refractivity contribution >= 4 is 71.0 Å². The van der Waals surface area contributed by atoms with E-state index >= 15 is 4.79 Å². The summed E-state index contributed by atoms with van der Waals surface area (Å²) >= 11 is -1.75. The third kappa shape index (κ3) is 10.5. The number of nitrogens with one attached hydrogen (secondary N) is 1. The van der Waals surface area contributed by atoms with Crippen LogP contribution in [-0.4, -0.2) is 52.1 Å². The van der Waals surface area contributed by atoms with Crippen molar-refractivity contribution in [2.24, 2.45) is 5.41 Å². The fourth-order valence-electron chi connectivity index (χ4n) is 8.61. The van der Waals surface area contributed by atoms with Crippen LogP contribution < -0.4 is 10.6 Å². The molecule has 1 N–H and O–H groups in total. The van der Waals surface area contributed by atoms with Gasteiger partial charge in [0.25, 0.3) is 5.65 Å². The molecule has 1 unspecified atom stereocenters. The van der Waals surface area contributed by atoms with E-state index in [-0.39, 0.29) is 11.1 Å². The summed E-state index contributed by atoms with van der Waals surface area (Å²) in [5.74, 6) is 0. The van der Waals surface area contributed by atoms with Crippen LogP contribution in [0.4, 0.5) is 10.5 Å². The normalized spacial score (nSPS) is 14.7. The zero-order valence-electron chi connectivity index (χ0n) is 31.7. The lowest BCUT2D eigenvalue weighted by molar-refractivity contribution is 0.269. The van der Waals surface area contributed by atoms with Gasteiger partial charge in [0.05, 0.1) is 0 Å². The second-order valence-corrected chi connectivity index (χ2v) is 49.5. The molecule has 1 amide bonds. The molecule has 1 atom stereocenters. The van der Waals surface area contributed by atoms with Crippen LogP contribution in [0.15, 0.2) is 52.7 Å². The summed E-state index contributed by atoms with van der Waals surface area (Å²) in [6.45, 7) is 45.7. The molecule has 2 rings (SSSR count). The molecule has 244 valence electrons. The summed E-state index contributed by atoms with van der Waals surface area (Å²) < 4.78 is 3.21. The minimum atomic E-state index is -1.75. The van der Waals surface area contributed by atoms with Crippen molar-refractivity contribution in [1.82, 2.24) is 0 Å². The Morgan fingerprint density at radius 2 is 1.11 bits per heavy atom. The van der Waals surface area contributed by atoms with Crippen molar-refractivity contribution in [3.8, 4) is 0 Å². The maximum absolute atomic E-state index is 15.1. The maximum atomic E-state index is 15.1. The molecule has 8 heteroatoms. The standard InChI is InChI=1S/C22H27NOP.2C7H19Si2.Al/c1-16-14-17(2)20(18(3)15-16)25(13-12-22(4,5)6)21(24)23-19-10-8-7-9-11-19;2*1-8(2,3)7-9(4,5)6;/h7-12,14-15H,1-6H3,(H,23,24);2*7H,1-6H3;. The minimum Gasteiger partial charge on any atom is -0.322 e. The second-order valence-electron chi connectivity index (χ2n) is 18.8. The van der Waals surface area contributed by atoms with Crippen LogP contribution in [0.5, 0.6) is 0 Å². The SMILES string of the molecule is Cc1cc(C)c(P(C(=O)Nc2ccccc2)/[C](=C/C(C)(C)C)[Al]([CH]([Si](C)(C)C)[Si](C)(C)C)[CH]([Si](C)(C)C)[Si](C)(C)C)c(C)c1. The van der Waals surface area contributed by atoms with E-state index in [9.17, 15) is 0 Å². The quantitative estimate of drug-likeness (QED) is 0.184. The number of amides is 1. The van der Waals surface area contributed by atoms with Crippen LogP contribution in [-0.2, 0) is 0 Å². The van der Waals surface area contributed by atoms with Gasteiger partial charge in [-0.1, -0.05) is 154 Å². The molecule has 2 aromatic carbocycles. The Bertz CT molecular complexity index is 1240. The predicted molar refractivity (Wildman–Crippen MR) is 217 cm³/mol. The number of rotatable bonds is 11. The Balaban J connectivity index is 3.24. The van der Waals surface area contributed by atoms with Gasteiger partial charge in [0.15, 0.2) is 0 Å². The van der Waals surface area contributed by atoms with Crippen LogP contribution in [0.3, 0.4) is 0 Å². The predicted octanol–water partition coefficient (Wildman–Crippen LogP) is 12.2. The number of anilines is 1. The van der Waals surface area contributed by atoms with Crippen LogP contribution in [0.2, 0.25) is 86.6 Å². The van der Waals surface area contributed by atoms with Gasteiger partial charge in [0.2, 0.25) is 0 Å². The summed E-state index contributed by atoms with van der Waals surface area (Å²) in [5, 5.41) is 4.79. The van der Waals surface area contributed by atoms with Crippen molar-refractivity contribution < 1.29 is 4.79 Å². The van der Waals surface area contributed by atoms with Crippen molar-refractivity contribution in [2.45, 2.75) is 128 Å². The van der Waals surface area contributed by atoms with Gasteiger partial charge in [-0.3, -0.25) is 4.79 Å². The molecule has 0 spiro atoms. The molecule has 0 bridgehead atoms. The summed E-state index contributed by atoms with van der Waals surface area (Å²) in [4.78, 5) is 15.1. The highest BCUT2D eigenvalue weighted by atomic mass is 31.1. The van der Waals surface area contributed by atoms with E-state index < -0.39 is 54.4 Å². The van der Waals surface area contributed by atoms with E-state index in [0.29, 0.717) is 0 Å². The lowest BCUT2D eigenvalue weighted by Crippen LogP contribution is -2.62. The number of aryl methyl sites for hydroxylation is 3. The van der Waals surface area contributed by atoms with Gasteiger partial charge < -0.3 is 5.32 Å². The van der Waals surface area contributed by atoms with Gasteiger partial charge in [0.1, 0.15) is 0 Å². The van der Waals surface area contributed by atoms with E-state index in [0.717, 1.165) is 13.7 Å². The molecule has 0 saturated heterocycles. The molecule has 0 aliphatic rings. The first kappa shape index (κ1) is 39.7. The Morgan fingerprint density at radius 1 is 0.727 bits per heavy atom. The third-order valence-corrected chi connectivity index (χ3v) is 49.2. The number of benzene rings is 2. The summed E-state index contributed by atoms with van der Waals surface area (Å²) in [7, 11) is -7.77. The molecule has 0 heterocycles. The highest BCUT2D eigenvalue weighted by Crippen LogP contribution is 2.58. The first-order valence-corrected chi connectivity index (χ1v) is 34.2. The zero-order chi connectivity index (χ0) is 34.2. The molecule has 0 radical (unpaired) electrons. The molecule has 0 saturated carbocycles. The Labute approximate surface area is 282 Å². The maximum Gasteiger partial charge on any atom is 0.302 e. The Hall–Kier alpha value is -0.520. The van der Waals surface area contributed by atoms with E-state index in [1.807, 2.05) is 30.3 Å². The van der Waals surface area contributed by atoms with Crippen molar-refractivity contribution in [2.75, 3.05) is 5.32 Å². The lowest BCUT2D eigenvalue weighted by atomic mass is 9.98. The number of hydrogen-bond donors (Lipinski definition) is 1. The fraction of sp³-hybridized carbons (Fsp3) is 0.583. The van der Waals surface area contributed by atoms with E-state index in [4.69, 9.17) is 0 Å². The highest BCUT2D eigenvalue weighted by molar-refractivity contribution is 7.87. The highest BCUT2D eigenvalue weighted by Gasteiger charge is 2.58.